The van der Waals surface area contributed by atoms with E-state index in [4.69, 9.17) is 4.74 Å². The molecule has 3 rings (SSSR count). The Morgan fingerprint density at radius 1 is 1.24 bits per heavy atom. The third-order valence-electron chi connectivity index (χ3n) is 2.83. The van der Waals surface area contributed by atoms with Crippen molar-refractivity contribution < 1.29 is 9.53 Å². The van der Waals surface area contributed by atoms with Crippen molar-refractivity contribution >= 4 is 33.1 Å². The normalized spacial score (nSPS) is 10.6. The van der Waals surface area contributed by atoms with E-state index >= 15 is 0 Å². The standard InChI is InChI=1S/C14H12N4O2S/c1-8-15-11-7-9(3-5-12(11)21-8)16-14(19)10-4-6-13(20-2)18-17-10/h3-7H,1-2H3,(H,16,19). The van der Waals surface area contributed by atoms with Crippen LogP contribution < -0.4 is 10.1 Å². The van der Waals surface area contributed by atoms with Gasteiger partial charge in [0.15, 0.2) is 5.69 Å². The Balaban J connectivity index is 1.81. The van der Waals surface area contributed by atoms with E-state index in [1.165, 1.54) is 7.11 Å². The fourth-order valence-electron chi connectivity index (χ4n) is 1.87. The Labute approximate surface area is 124 Å². The van der Waals surface area contributed by atoms with Gasteiger partial charge in [0.1, 0.15) is 0 Å². The third-order valence-corrected chi connectivity index (χ3v) is 3.79. The summed E-state index contributed by atoms with van der Waals surface area (Å²) in [5.41, 5.74) is 1.77. The number of carbonyl (C=O) groups is 1. The van der Waals surface area contributed by atoms with E-state index < -0.39 is 0 Å². The molecule has 3 aromatic rings. The first-order valence-corrected chi connectivity index (χ1v) is 7.03. The van der Waals surface area contributed by atoms with E-state index in [-0.39, 0.29) is 11.6 Å². The fourth-order valence-corrected chi connectivity index (χ4v) is 2.67. The highest BCUT2D eigenvalue weighted by atomic mass is 32.1. The summed E-state index contributed by atoms with van der Waals surface area (Å²) in [4.78, 5) is 16.5. The first kappa shape index (κ1) is 13.4. The van der Waals surface area contributed by atoms with Gasteiger partial charge in [0.05, 0.1) is 22.3 Å². The number of aromatic nitrogens is 3. The van der Waals surface area contributed by atoms with Crippen LogP contribution in [0.2, 0.25) is 0 Å². The molecule has 106 valence electrons. The van der Waals surface area contributed by atoms with Crippen LogP contribution in [0, 0.1) is 6.92 Å². The SMILES string of the molecule is COc1ccc(C(=O)Nc2ccc3sc(C)nc3c2)nn1. The number of anilines is 1. The minimum atomic E-state index is -0.323. The van der Waals surface area contributed by atoms with Crippen molar-refractivity contribution in [3.05, 3.63) is 41.0 Å². The summed E-state index contributed by atoms with van der Waals surface area (Å²) in [5, 5.41) is 11.4. The molecule has 21 heavy (non-hydrogen) atoms. The second-order valence-corrected chi connectivity index (χ2v) is 5.57. The molecule has 1 aromatic carbocycles. The molecule has 0 aliphatic rings. The first-order chi connectivity index (χ1) is 10.2. The summed E-state index contributed by atoms with van der Waals surface area (Å²) in [6.45, 7) is 1.95. The van der Waals surface area contributed by atoms with Gasteiger partial charge in [-0.05, 0) is 31.2 Å². The monoisotopic (exact) mass is 300 g/mol. The fraction of sp³-hybridized carbons (Fsp3) is 0.143. The van der Waals surface area contributed by atoms with Crippen LogP contribution >= 0.6 is 11.3 Å². The van der Waals surface area contributed by atoms with Crippen LogP contribution in [-0.4, -0.2) is 28.2 Å². The van der Waals surface area contributed by atoms with E-state index in [1.807, 2.05) is 25.1 Å². The van der Waals surface area contributed by atoms with Crippen LogP contribution in [0.1, 0.15) is 15.5 Å². The Hall–Kier alpha value is -2.54. The van der Waals surface area contributed by atoms with E-state index in [2.05, 4.69) is 20.5 Å². The largest absolute Gasteiger partial charge is 0.480 e. The van der Waals surface area contributed by atoms with Gasteiger partial charge in [-0.15, -0.1) is 21.5 Å². The molecule has 0 atom stereocenters. The number of fused-ring (bicyclic) bond motifs is 1. The number of carbonyl (C=O) groups excluding carboxylic acids is 1. The summed E-state index contributed by atoms with van der Waals surface area (Å²) >= 11 is 1.62. The van der Waals surface area contributed by atoms with Gasteiger partial charge in [-0.25, -0.2) is 4.98 Å². The highest BCUT2D eigenvalue weighted by molar-refractivity contribution is 7.18. The predicted molar refractivity (Wildman–Crippen MR) is 80.9 cm³/mol. The molecular weight excluding hydrogens is 288 g/mol. The van der Waals surface area contributed by atoms with Gasteiger partial charge in [-0.2, -0.15) is 0 Å². The molecule has 1 N–H and O–H groups in total. The number of nitrogens with zero attached hydrogens (tertiary/aromatic N) is 3. The molecule has 0 aliphatic heterocycles. The van der Waals surface area contributed by atoms with Gasteiger partial charge in [-0.1, -0.05) is 0 Å². The lowest BCUT2D eigenvalue weighted by molar-refractivity contribution is 0.102. The Kier molecular flexibility index (Phi) is 3.49. The van der Waals surface area contributed by atoms with Gasteiger partial charge in [-0.3, -0.25) is 4.79 Å². The van der Waals surface area contributed by atoms with Crippen LogP contribution in [0.5, 0.6) is 5.88 Å². The van der Waals surface area contributed by atoms with E-state index in [1.54, 1.807) is 23.5 Å². The van der Waals surface area contributed by atoms with Crippen molar-refractivity contribution in [1.29, 1.82) is 0 Å². The predicted octanol–water partition coefficient (Wildman–Crippen LogP) is 2.66. The molecule has 6 nitrogen and oxygen atoms in total. The van der Waals surface area contributed by atoms with Gasteiger partial charge >= 0.3 is 0 Å². The number of thiazole rings is 1. The lowest BCUT2D eigenvalue weighted by Crippen LogP contribution is -2.14. The lowest BCUT2D eigenvalue weighted by Gasteiger charge is -2.04. The molecule has 0 aliphatic carbocycles. The van der Waals surface area contributed by atoms with Crippen molar-refractivity contribution in [2.45, 2.75) is 6.92 Å². The number of methoxy groups -OCH3 is 1. The number of aryl methyl sites for hydroxylation is 1. The zero-order valence-corrected chi connectivity index (χ0v) is 12.3. The van der Waals surface area contributed by atoms with Crippen LogP contribution in [0.4, 0.5) is 5.69 Å². The summed E-state index contributed by atoms with van der Waals surface area (Å²) in [6, 6.07) is 8.78. The maximum absolute atomic E-state index is 12.1. The average molecular weight is 300 g/mol. The second-order valence-electron chi connectivity index (χ2n) is 4.33. The molecule has 0 spiro atoms. The Morgan fingerprint density at radius 2 is 2.10 bits per heavy atom. The smallest absolute Gasteiger partial charge is 0.276 e. The average Bonchev–Trinajstić information content (AvgIpc) is 2.86. The number of hydrogen-bond donors (Lipinski definition) is 1. The van der Waals surface area contributed by atoms with Crippen molar-refractivity contribution in [3.8, 4) is 5.88 Å². The van der Waals surface area contributed by atoms with Crippen molar-refractivity contribution in [3.63, 3.8) is 0 Å². The highest BCUT2D eigenvalue weighted by Gasteiger charge is 2.10. The Morgan fingerprint density at radius 3 is 2.81 bits per heavy atom. The number of amides is 1. The van der Waals surface area contributed by atoms with Gasteiger partial charge in [0, 0.05) is 11.8 Å². The van der Waals surface area contributed by atoms with Crippen LogP contribution in [0.3, 0.4) is 0 Å². The Bertz CT molecular complexity index is 798. The maximum atomic E-state index is 12.1. The molecule has 0 unspecified atom stereocenters. The molecule has 0 saturated heterocycles. The molecule has 1 amide bonds. The highest BCUT2D eigenvalue weighted by Crippen LogP contribution is 2.24. The summed E-state index contributed by atoms with van der Waals surface area (Å²) in [5.74, 6) is 0.0439. The minimum Gasteiger partial charge on any atom is -0.480 e. The van der Waals surface area contributed by atoms with Gasteiger partial charge in [0.25, 0.3) is 5.91 Å². The molecule has 0 saturated carbocycles. The number of ether oxygens (including phenoxy) is 1. The second kappa shape index (κ2) is 5.45. The molecule has 2 heterocycles. The summed E-state index contributed by atoms with van der Waals surface area (Å²) in [7, 11) is 1.49. The molecule has 0 bridgehead atoms. The van der Waals surface area contributed by atoms with E-state index in [0.717, 1.165) is 15.2 Å². The zero-order valence-electron chi connectivity index (χ0n) is 11.5. The summed E-state index contributed by atoms with van der Waals surface area (Å²) in [6.07, 6.45) is 0. The molecule has 0 radical (unpaired) electrons. The number of hydrogen-bond acceptors (Lipinski definition) is 6. The summed E-state index contributed by atoms with van der Waals surface area (Å²) < 4.78 is 6.00. The molecule has 0 fully saturated rings. The van der Waals surface area contributed by atoms with E-state index in [9.17, 15) is 4.79 Å². The topological polar surface area (TPSA) is 77.0 Å². The van der Waals surface area contributed by atoms with Crippen LogP contribution in [0.15, 0.2) is 30.3 Å². The number of benzene rings is 1. The molecule has 7 heteroatoms. The quantitative estimate of drug-likeness (QED) is 0.804. The van der Waals surface area contributed by atoms with Crippen molar-refractivity contribution in [2.24, 2.45) is 0 Å². The molecule has 2 aromatic heterocycles. The third kappa shape index (κ3) is 2.82. The minimum absolute atomic E-state index is 0.227. The van der Waals surface area contributed by atoms with Crippen LogP contribution in [-0.2, 0) is 0 Å². The molecular formula is C14H12N4O2S. The van der Waals surface area contributed by atoms with Crippen molar-refractivity contribution in [1.82, 2.24) is 15.2 Å². The number of nitrogens with one attached hydrogen (secondary N) is 1. The lowest BCUT2D eigenvalue weighted by atomic mass is 10.3. The van der Waals surface area contributed by atoms with Crippen molar-refractivity contribution in [2.75, 3.05) is 12.4 Å². The maximum Gasteiger partial charge on any atom is 0.276 e. The van der Waals surface area contributed by atoms with Gasteiger partial charge < -0.3 is 10.1 Å². The zero-order chi connectivity index (χ0) is 14.8. The van der Waals surface area contributed by atoms with E-state index in [0.29, 0.717) is 11.6 Å². The van der Waals surface area contributed by atoms with Crippen LogP contribution in [0.25, 0.3) is 10.2 Å². The number of rotatable bonds is 3. The van der Waals surface area contributed by atoms with Gasteiger partial charge in [0.2, 0.25) is 5.88 Å². The first-order valence-electron chi connectivity index (χ1n) is 6.22.